The lowest BCUT2D eigenvalue weighted by Gasteiger charge is -2.72. The third kappa shape index (κ3) is 2.38. The van der Waals surface area contributed by atoms with E-state index in [1.165, 1.54) is 25.5 Å². The van der Waals surface area contributed by atoms with Gasteiger partial charge in [0.05, 0.1) is 12.5 Å². The van der Waals surface area contributed by atoms with E-state index in [1.54, 1.807) is 13.2 Å². The number of fused-ring (bicyclic) bond motifs is 1. The Balaban J connectivity index is 1.49. The molecular formula is C27H32F3NO4. The van der Waals surface area contributed by atoms with Crippen LogP contribution in [0.4, 0.5) is 13.2 Å². The SMILES string of the molecule is COc1ccc2c3c1OC1C34CCN(CC3CC3)C(C2)[C@]42C=C[C@@]1(OC)[C@@H](C(C)(O)C(F)(F)F)C2. The van der Waals surface area contributed by atoms with Gasteiger partial charge < -0.3 is 19.3 Å². The maximum atomic E-state index is 14.4. The maximum Gasteiger partial charge on any atom is 0.417 e. The van der Waals surface area contributed by atoms with E-state index in [0.29, 0.717) is 17.4 Å². The van der Waals surface area contributed by atoms with E-state index in [4.69, 9.17) is 14.2 Å². The molecule has 190 valence electrons. The minimum Gasteiger partial charge on any atom is -0.493 e. The summed E-state index contributed by atoms with van der Waals surface area (Å²) in [6, 6.07) is 4.08. The number of benzene rings is 1. The summed E-state index contributed by atoms with van der Waals surface area (Å²) in [4.78, 5) is 2.53. The molecule has 1 aromatic carbocycles. The Morgan fingerprint density at radius 3 is 2.63 bits per heavy atom. The molecule has 1 aromatic rings. The predicted molar refractivity (Wildman–Crippen MR) is 122 cm³/mol. The maximum absolute atomic E-state index is 14.4. The summed E-state index contributed by atoms with van der Waals surface area (Å²) in [5.74, 6) is 0.720. The summed E-state index contributed by atoms with van der Waals surface area (Å²) in [6.45, 7) is 2.77. The lowest BCUT2D eigenvalue weighted by atomic mass is 9.36. The number of likely N-dealkylation sites (tertiary alicyclic amines) is 1. The van der Waals surface area contributed by atoms with Crippen LogP contribution in [0.1, 0.15) is 43.7 Å². The van der Waals surface area contributed by atoms with Gasteiger partial charge in [-0.3, -0.25) is 4.90 Å². The van der Waals surface area contributed by atoms with E-state index in [2.05, 4.69) is 17.0 Å². The molecule has 0 aromatic heterocycles. The van der Waals surface area contributed by atoms with Crippen molar-refractivity contribution in [2.24, 2.45) is 17.3 Å². The van der Waals surface area contributed by atoms with Gasteiger partial charge in [0.2, 0.25) is 0 Å². The summed E-state index contributed by atoms with van der Waals surface area (Å²) in [5, 5.41) is 11.1. The summed E-state index contributed by atoms with van der Waals surface area (Å²) < 4.78 is 61.5. The molecule has 7 aliphatic rings. The molecule has 2 saturated carbocycles. The van der Waals surface area contributed by atoms with Crippen LogP contribution in [-0.2, 0) is 16.6 Å². The molecule has 5 nitrogen and oxygen atoms in total. The number of ether oxygens (including phenoxy) is 3. The van der Waals surface area contributed by atoms with Crippen LogP contribution >= 0.6 is 0 Å². The van der Waals surface area contributed by atoms with Gasteiger partial charge in [-0.2, -0.15) is 13.2 Å². The smallest absolute Gasteiger partial charge is 0.417 e. The van der Waals surface area contributed by atoms with Crippen LogP contribution in [-0.4, -0.2) is 66.8 Å². The zero-order valence-corrected chi connectivity index (χ0v) is 20.3. The highest BCUT2D eigenvalue weighted by molar-refractivity contribution is 5.65. The molecular weight excluding hydrogens is 459 g/mol. The zero-order chi connectivity index (χ0) is 24.6. The summed E-state index contributed by atoms with van der Waals surface area (Å²) >= 11 is 0. The van der Waals surface area contributed by atoms with Crippen LogP contribution < -0.4 is 9.47 Å². The Morgan fingerprint density at radius 2 is 1.97 bits per heavy atom. The third-order valence-corrected chi connectivity index (χ3v) is 10.6. The fraction of sp³-hybridized carbons (Fsp3) is 0.704. The number of rotatable bonds is 5. The van der Waals surface area contributed by atoms with E-state index in [-0.39, 0.29) is 12.5 Å². The van der Waals surface area contributed by atoms with Crippen LogP contribution in [0.5, 0.6) is 11.5 Å². The van der Waals surface area contributed by atoms with Gasteiger partial charge in [-0.1, -0.05) is 18.2 Å². The van der Waals surface area contributed by atoms with Crippen molar-refractivity contribution in [2.45, 2.75) is 74.0 Å². The largest absolute Gasteiger partial charge is 0.493 e. The van der Waals surface area contributed by atoms with Crippen LogP contribution in [0.3, 0.4) is 0 Å². The Kier molecular flexibility index (Phi) is 4.20. The van der Waals surface area contributed by atoms with E-state index in [9.17, 15) is 18.3 Å². The van der Waals surface area contributed by atoms with Gasteiger partial charge in [-0.15, -0.1) is 0 Å². The molecule has 0 radical (unpaired) electrons. The highest BCUT2D eigenvalue weighted by Crippen LogP contribution is 2.76. The number of methoxy groups -OCH3 is 2. The van der Waals surface area contributed by atoms with E-state index in [0.717, 1.165) is 38.4 Å². The average molecular weight is 492 g/mol. The monoisotopic (exact) mass is 491 g/mol. The third-order valence-electron chi connectivity index (χ3n) is 10.6. The molecule has 4 unspecified atom stereocenters. The summed E-state index contributed by atoms with van der Waals surface area (Å²) in [7, 11) is 3.04. The van der Waals surface area contributed by atoms with Crippen molar-refractivity contribution in [3.8, 4) is 11.5 Å². The standard InChI is InChI=1S/C27H32F3NO4/c1-23(32,27(28,29)30)18-13-24-8-9-26(18,34-3)22-25(24)10-11-31(14-15-4-5-15)19(24)12-16-6-7-17(33-2)21(35-22)20(16)25/h6-9,15,18-19,22,32H,4-5,10-14H2,1-3H3/t18-,19?,22?,23?,24-,25?,26-/m1/s1. The minimum absolute atomic E-state index is 0.0488. The van der Waals surface area contributed by atoms with Crippen LogP contribution in [0.2, 0.25) is 0 Å². The van der Waals surface area contributed by atoms with E-state index < -0.39 is 40.2 Å². The fourth-order valence-electron chi connectivity index (χ4n) is 8.76. The normalized spacial score (nSPS) is 42.4. The van der Waals surface area contributed by atoms with Gasteiger partial charge in [-0.25, -0.2) is 0 Å². The lowest BCUT2D eigenvalue weighted by molar-refractivity contribution is -0.322. The van der Waals surface area contributed by atoms with Crippen LogP contribution in [0.15, 0.2) is 24.3 Å². The summed E-state index contributed by atoms with van der Waals surface area (Å²) in [5.41, 5.74) is -3.15. The first-order chi connectivity index (χ1) is 16.6. The van der Waals surface area contributed by atoms with Gasteiger partial charge >= 0.3 is 6.18 Å². The van der Waals surface area contributed by atoms with Crippen molar-refractivity contribution < 1.29 is 32.5 Å². The van der Waals surface area contributed by atoms with Crippen molar-refractivity contribution in [1.29, 1.82) is 0 Å². The molecule has 2 heterocycles. The van der Waals surface area contributed by atoms with E-state index >= 15 is 0 Å². The van der Waals surface area contributed by atoms with Crippen molar-refractivity contribution in [1.82, 2.24) is 4.90 Å². The molecule has 4 bridgehead atoms. The second-order valence-corrected chi connectivity index (χ2v) is 11.8. The molecule has 3 fully saturated rings. The Hall–Kier alpha value is -1.77. The van der Waals surface area contributed by atoms with Crippen LogP contribution in [0, 0.1) is 17.3 Å². The summed E-state index contributed by atoms with van der Waals surface area (Å²) in [6.07, 6.45) is 2.66. The second kappa shape index (κ2) is 6.56. The fourth-order valence-corrected chi connectivity index (χ4v) is 8.76. The zero-order valence-electron chi connectivity index (χ0n) is 20.3. The van der Waals surface area contributed by atoms with Crippen molar-refractivity contribution in [2.75, 3.05) is 27.3 Å². The van der Waals surface area contributed by atoms with Crippen molar-refractivity contribution in [3.05, 3.63) is 35.4 Å². The first-order valence-electron chi connectivity index (χ1n) is 12.7. The molecule has 7 atom stereocenters. The number of nitrogens with zero attached hydrogens (tertiary/aromatic N) is 1. The first-order valence-corrected chi connectivity index (χ1v) is 12.7. The van der Waals surface area contributed by atoms with Gasteiger partial charge in [0.25, 0.3) is 0 Å². The van der Waals surface area contributed by atoms with Gasteiger partial charge in [0, 0.05) is 36.6 Å². The number of hydrogen-bond donors (Lipinski definition) is 1. The number of aliphatic hydroxyl groups is 1. The minimum atomic E-state index is -4.80. The molecule has 8 rings (SSSR count). The topological polar surface area (TPSA) is 51.2 Å². The van der Waals surface area contributed by atoms with Gasteiger partial charge in [0.15, 0.2) is 17.1 Å². The Bertz CT molecular complexity index is 1130. The molecule has 1 saturated heterocycles. The number of alkyl halides is 3. The Labute approximate surface area is 203 Å². The van der Waals surface area contributed by atoms with Crippen molar-refractivity contribution in [3.63, 3.8) is 0 Å². The number of piperidine rings is 1. The van der Waals surface area contributed by atoms with E-state index in [1.807, 2.05) is 6.07 Å². The highest BCUT2D eigenvalue weighted by atomic mass is 19.4. The van der Waals surface area contributed by atoms with Gasteiger partial charge in [0.1, 0.15) is 11.7 Å². The van der Waals surface area contributed by atoms with Crippen molar-refractivity contribution >= 4 is 0 Å². The average Bonchev–Trinajstić information content (AvgIpc) is 3.56. The highest BCUT2D eigenvalue weighted by Gasteiger charge is 2.82. The van der Waals surface area contributed by atoms with Crippen LogP contribution in [0.25, 0.3) is 0 Å². The molecule has 2 spiro atoms. The second-order valence-electron chi connectivity index (χ2n) is 11.8. The lowest BCUT2D eigenvalue weighted by Crippen LogP contribution is -2.81. The Morgan fingerprint density at radius 1 is 1.20 bits per heavy atom. The molecule has 8 heteroatoms. The molecule has 0 amide bonds. The first kappa shape index (κ1) is 22.4. The molecule has 1 N–H and O–H groups in total. The predicted octanol–water partition coefficient (Wildman–Crippen LogP) is 4.01. The quantitative estimate of drug-likeness (QED) is 0.631. The molecule has 5 aliphatic carbocycles. The van der Waals surface area contributed by atoms with Gasteiger partial charge in [-0.05, 0) is 63.1 Å². The molecule has 2 aliphatic heterocycles. The number of halogens is 3. The number of hydrogen-bond acceptors (Lipinski definition) is 5. The molecule has 35 heavy (non-hydrogen) atoms.